The Morgan fingerprint density at radius 3 is 2.39 bits per heavy atom. The average Bonchev–Trinajstić information content (AvgIpc) is 2.66. The first-order valence-electron chi connectivity index (χ1n) is 9.39. The van der Waals surface area contributed by atoms with Crippen molar-refractivity contribution in [1.29, 1.82) is 0 Å². The predicted molar refractivity (Wildman–Crippen MR) is 117 cm³/mol. The van der Waals surface area contributed by atoms with Gasteiger partial charge in [-0.15, -0.1) is 0 Å². The number of rotatable bonds is 8. The molecule has 2 atom stereocenters. The summed E-state index contributed by atoms with van der Waals surface area (Å²) in [7, 11) is 0. The van der Waals surface area contributed by atoms with E-state index in [0.29, 0.717) is 11.6 Å². The fourth-order valence-electron chi connectivity index (χ4n) is 2.76. The number of nitrogens with one attached hydrogen (secondary N) is 1. The smallest absolute Gasteiger partial charge is 0.242 e. The molecule has 0 aliphatic heterocycles. The van der Waals surface area contributed by atoms with Gasteiger partial charge in [0.05, 0.1) is 6.42 Å². The maximum Gasteiger partial charge on any atom is 0.242 e. The third-order valence-corrected chi connectivity index (χ3v) is 5.44. The zero-order chi connectivity index (χ0) is 20.7. The van der Waals surface area contributed by atoms with Crippen LogP contribution in [0.2, 0.25) is 5.02 Å². The number of nitrogens with zero attached hydrogens (tertiary/aromatic N) is 1. The molecule has 2 amide bonds. The van der Waals surface area contributed by atoms with Crippen LogP contribution < -0.4 is 5.32 Å². The van der Waals surface area contributed by atoms with Crippen LogP contribution in [0, 0.1) is 0 Å². The number of hydrogen-bond acceptors (Lipinski definition) is 2. The lowest BCUT2D eigenvalue weighted by molar-refractivity contribution is -0.140. The number of carbonyl (C=O) groups excluding carboxylic acids is 2. The first kappa shape index (κ1) is 22.4. The van der Waals surface area contributed by atoms with Crippen molar-refractivity contribution in [3.8, 4) is 0 Å². The Kier molecular flexibility index (Phi) is 8.52. The molecule has 0 saturated carbocycles. The molecule has 6 heteroatoms. The molecule has 2 rings (SSSR count). The maximum atomic E-state index is 13.1. The van der Waals surface area contributed by atoms with Gasteiger partial charge < -0.3 is 10.2 Å². The normalized spacial score (nSPS) is 12.9. The van der Waals surface area contributed by atoms with E-state index in [1.165, 1.54) is 0 Å². The van der Waals surface area contributed by atoms with E-state index in [9.17, 15) is 9.59 Å². The minimum Gasteiger partial charge on any atom is -0.352 e. The minimum atomic E-state index is -0.579. The van der Waals surface area contributed by atoms with E-state index >= 15 is 0 Å². The van der Waals surface area contributed by atoms with Crippen LogP contribution >= 0.6 is 27.5 Å². The molecule has 2 aromatic carbocycles. The Balaban J connectivity index is 2.22. The monoisotopic (exact) mass is 464 g/mol. The summed E-state index contributed by atoms with van der Waals surface area (Å²) in [5.41, 5.74) is 1.79. The van der Waals surface area contributed by atoms with Crippen LogP contribution in [-0.2, 0) is 22.6 Å². The van der Waals surface area contributed by atoms with Gasteiger partial charge in [0, 0.05) is 22.1 Å². The van der Waals surface area contributed by atoms with E-state index < -0.39 is 6.04 Å². The van der Waals surface area contributed by atoms with Crippen molar-refractivity contribution in [3.05, 3.63) is 69.2 Å². The van der Waals surface area contributed by atoms with Crippen LogP contribution in [0.3, 0.4) is 0 Å². The highest BCUT2D eigenvalue weighted by Gasteiger charge is 2.26. The Labute approximate surface area is 180 Å². The van der Waals surface area contributed by atoms with Crippen LogP contribution in [0.15, 0.2) is 53.0 Å². The van der Waals surface area contributed by atoms with Crippen LogP contribution in [0.1, 0.15) is 38.3 Å². The molecule has 0 saturated heterocycles. The number of hydrogen-bond donors (Lipinski definition) is 1. The molecule has 28 heavy (non-hydrogen) atoms. The molecule has 0 spiro atoms. The Bertz CT molecular complexity index is 810. The molecule has 0 aromatic heterocycles. The maximum absolute atomic E-state index is 13.1. The lowest BCUT2D eigenvalue weighted by Gasteiger charge is -2.30. The average molecular weight is 466 g/mol. The SMILES string of the molecule is CC[C@H](C)NC(=O)[C@@H](C)N(Cc1ccc(Br)cc1)C(=O)Cc1cccc(Cl)c1. The molecular weight excluding hydrogens is 440 g/mol. The van der Waals surface area contributed by atoms with E-state index in [1.807, 2.05) is 50.2 Å². The van der Waals surface area contributed by atoms with E-state index in [2.05, 4.69) is 21.2 Å². The van der Waals surface area contributed by atoms with Gasteiger partial charge in [-0.05, 0) is 55.7 Å². The highest BCUT2D eigenvalue weighted by molar-refractivity contribution is 9.10. The lowest BCUT2D eigenvalue weighted by Crippen LogP contribution is -2.49. The lowest BCUT2D eigenvalue weighted by atomic mass is 10.1. The quantitative estimate of drug-likeness (QED) is 0.598. The van der Waals surface area contributed by atoms with Gasteiger partial charge in [-0.1, -0.05) is 58.7 Å². The number of carbonyl (C=O) groups is 2. The second-order valence-corrected chi connectivity index (χ2v) is 8.30. The summed E-state index contributed by atoms with van der Waals surface area (Å²) < 4.78 is 0.968. The molecule has 0 bridgehead atoms. The molecule has 1 N–H and O–H groups in total. The van der Waals surface area contributed by atoms with Crippen molar-refractivity contribution in [2.75, 3.05) is 0 Å². The molecule has 2 aromatic rings. The van der Waals surface area contributed by atoms with Gasteiger partial charge in [0.1, 0.15) is 6.04 Å². The summed E-state index contributed by atoms with van der Waals surface area (Å²) in [5.74, 6) is -0.261. The number of benzene rings is 2. The van der Waals surface area contributed by atoms with Crippen LogP contribution in [0.4, 0.5) is 0 Å². The van der Waals surface area contributed by atoms with Crippen molar-refractivity contribution in [2.45, 2.75) is 52.2 Å². The van der Waals surface area contributed by atoms with Gasteiger partial charge in [-0.25, -0.2) is 0 Å². The summed E-state index contributed by atoms with van der Waals surface area (Å²) >= 11 is 9.47. The molecule has 4 nitrogen and oxygen atoms in total. The van der Waals surface area contributed by atoms with Crippen molar-refractivity contribution in [1.82, 2.24) is 10.2 Å². The van der Waals surface area contributed by atoms with E-state index in [0.717, 1.165) is 22.0 Å². The van der Waals surface area contributed by atoms with Gasteiger partial charge >= 0.3 is 0 Å². The van der Waals surface area contributed by atoms with Crippen molar-refractivity contribution in [3.63, 3.8) is 0 Å². The largest absolute Gasteiger partial charge is 0.352 e. The summed E-state index contributed by atoms with van der Waals surface area (Å²) in [6, 6.07) is 14.5. The van der Waals surface area contributed by atoms with Gasteiger partial charge in [0.2, 0.25) is 11.8 Å². The number of amides is 2. The molecular formula is C22H26BrClN2O2. The molecule has 0 aliphatic rings. The second kappa shape index (κ2) is 10.6. The topological polar surface area (TPSA) is 49.4 Å². The summed E-state index contributed by atoms with van der Waals surface area (Å²) in [6.45, 7) is 6.10. The molecule has 150 valence electrons. The molecule has 0 fully saturated rings. The standard InChI is InChI=1S/C22H26BrClN2O2/c1-4-15(2)25-22(28)16(3)26(14-17-8-10-19(23)11-9-17)21(27)13-18-6-5-7-20(24)12-18/h5-12,15-16H,4,13-14H2,1-3H3,(H,25,28)/t15-,16+/m0/s1. The van der Waals surface area contributed by atoms with Gasteiger partial charge in [-0.3, -0.25) is 9.59 Å². The van der Waals surface area contributed by atoms with Crippen molar-refractivity contribution in [2.24, 2.45) is 0 Å². The Morgan fingerprint density at radius 2 is 1.79 bits per heavy atom. The van der Waals surface area contributed by atoms with Crippen LogP contribution in [0.25, 0.3) is 0 Å². The fraction of sp³-hybridized carbons (Fsp3) is 0.364. The van der Waals surface area contributed by atoms with E-state index in [4.69, 9.17) is 11.6 Å². The van der Waals surface area contributed by atoms with E-state index in [-0.39, 0.29) is 24.3 Å². The molecule has 0 radical (unpaired) electrons. The highest BCUT2D eigenvalue weighted by Crippen LogP contribution is 2.17. The van der Waals surface area contributed by atoms with Gasteiger partial charge in [0.15, 0.2) is 0 Å². The van der Waals surface area contributed by atoms with Crippen LogP contribution in [0.5, 0.6) is 0 Å². The van der Waals surface area contributed by atoms with Gasteiger partial charge in [0.25, 0.3) is 0 Å². The third kappa shape index (κ3) is 6.64. The van der Waals surface area contributed by atoms with Crippen molar-refractivity contribution < 1.29 is 9.59 Å². The minimum absolute atomic E-state index is 0.0625. The van der Waals surface area contributed by atoms with Crippen molar-refractivity contribution >= 4 is 39.3 Å². The predicted octanol–water partition coefficient (Wildman–Crippen LogP) is 4.98. The summed E-state index contributed by atoms with van der Waals surface area (Å²) in [4.78, 5) is 27.4. The van der Waals surface area contributed by atoms with Crippen LogP contribution in [-0.4, -0.2) is 28.8 Å². The van der Waals surface area contributed by atoms with Gasteiger partial charge in [-0.2, -0.15) is 0 Å². The molecule has 0 unspecified atom stereocenters. The zero-order valence-corrected chi connectivity index (χ0v) is 18.8. The second-order valence-electron chi connectivity index (χ2n) is 6.95. The Hall–Kier alpha value is -1.85. The summed E-state index contributed by atoms with van der Waals surface area (Å²) in [5, 5.41) is 3.56. The Morgan fingerprint density at radius 1 is 1.11 bits per heavy atom. The van der Waals surface area contributed by atoms with E-state index in [1.54, 1.807) is 24.0 Å². The summed E-state index contributed by atoms with van der Waals surface area (Å²) in [6.07, 6.45) is 1.03. The fourth-order valence-corrected chi connectivity index (χ4v) is 3.23. The third-order valence-electron chi connectivity index (χ3n) is 4.68. The first-order valence-corrected chi connectivity index (χ1v) is 10.6. The molecule has 0 heterocycles. The highest BCUT2D eigenvalue weighted by atomic mass is 79.9. The first-order chi connectivity index (χ1) is 13.3. The molecule has 0 aliphatic carbocycles. The number of halogens is 2. The zero-order valence-electron chi connectivity index (χ0n) is 16.4.